The number of carbonyl (C=O) groups is 1. The highest BCUT2D eigenvalue weighted by Crippen LogP contribution is 2.42. The fourth-order valence-corrected chi connectivity index (χ4v) is 7.97. The van der Waals surface area contributed by atoms with E-state index in [1.54, 1.807) is 36.1 Å². The molecule has 1 aliphatic rings. The number of nitrogens with two attached hydrogens (primary N) is 1. The van der Waals surface area contributed by atoms with Crippen LogP contribution in [0.15, 0.2) is 38.8 Å². The van der Waals surface area contributed by atoms with Crippen molar-refractivity contribution in [3.05, 3.63) is 47.0 Å². The number of amides is 1. The Kier molecular flexibility index (Phi) is 9.64. The molecule has 2 atom stereocenters. The topological polar surface area (TPSA) is 169 Å². The van der Waals surface area contributed by atoms with Crippen LogP contribution < -0.4 is 5.14 Å². The van der Waals surface area contributed by atoms with E-state index in [0.29, 0.717) is 29.7 Å². The molecule has 1 amide bonds. The van der Waals surface area contributed by atoms with E-state index in [1.165, 1.54) is 17.5 Å². The molecule has 1 aromatic heterocycles. The van der Waals surface area contributed by atoms with Gasteiger partial charge >= 0.3 is 0 Å². The minimum atomic E-state index is -3.86. The van der Waals surface area contributed by atoms with Crippen LogP contribution in [-0.4, -0.2) is 77.2 Å². The second-order valence-corrected chi connectivity index (χ2v) is 12.1. The summed E-state index contributed by atoms with van der Waals surface area (Å²) in [4.78, 5) is 19.7. The minimum absolute atomic E-state index is 0.0266. The standard InChI is InChI=1S/C20H28N4O8S3/c1-3-23(19(25)15-7-4-6-14(10-15)13-32-24(26)27)17-12-22(8-5-9-31-2)35(29,30)20-16(17)11-18(33-20)34(21)28/h4,6-7,10-11,17,26-27H,3,5,8-9,12-13,21H2,1-2H3/t17-,34?/m0/s1. The molecule has 0 spiro atoms. The monoisotopic (exact) mass is 548 g/mol. The highest BCUT2D eigenvalue weighted by atomic mass is 32.3. The summed E-state index contributed by atoms with van der Waals surface area (Å²) < 4.78 is 45.2. The van der Waals surface area contributed by atoms with Gasteiger partial charge in [-0.3, -0.25) is 15.2 Å². The molecule has 1 unspecified atom stereocenters. The molecule has 0 radical (unpaired) electrons. The summed E-state index contributed by atoms with van der Waals surface area (Å²) in [5.74, 6) is -0.354. The van der Waals surface area contributed by atoms with Crippen LogP contribution in [-0.2, 0) is 37.6 Å². The van der Waals surface area contributed by atoms with E-state index in [0.717, 1.165) is 11.3 Å². The van der Waals surface area contributed by atoms with Crippen molar-refractivity contribution in [1.29, 1.82) is 0 Å². The van der Waals surface area contributed by atoms with Gasteiger partial charge in [0, 0.05) is 50.5 Å². The van der Waals surface area contributed by atoms with Crippen molar-refractivity contribution < 1.29 is 37.8 Å². The van der Waals surface area contributed by atoms with E-state index in [9.17, 15) is 17.8 Å². The number of likely N-dealkylation sites (N-methyl/N-ethyl adjacent to an activating group) is 1. The lowest BCUT2D eigenvalue weighted by atomic mass is 10.1. The Labute approximate surface area is 210 Å². The number of thiophene rings is 1. The molecule has 15 heteroatoms. The van der Waals surface area contributed by atoms with Crippen LogP contribution in [0.5, 0.6) is 0 Å². The second-order valence-electron chi connectivity index (χ2n) is 7.65. The SMILES string of the molecule is CCN(C(=O)c1cccc(CON(O)O)c1)[C@H]1CN(CCCOC)S(=O)(=O)c2sc([S+](N)[O-])cc21. The summed E-state index contributed by atoms with van der Waals surface area (Å²) in [7, 11) is -2.33. The van der Waals surface area contributed by atoms with Crippen molar-refractivity contribution in [3.8, 4) is 0 Å². The molecule has 0 aliphatic carbocycles. The van der Waals surface area contributed by atoms with Crippen molar-refractivity contribution in [2.75, 3.05) is 33.4 Å². The fraction of sp³-hybridized carbons (Fsp3) is 0.450. The molecule has 0 fully saturated rings. The average molecular weight is 549 g/mol. The van der Waals surface area contributed by atoms with Crippen molar-refractivity contribution in [2.45, 2.75) is 34.4 Å². The van der Waals surface area contributed by atoms with Gasteiger partial charge in [-0.15, -0.1) is 5.14 Å². The largest absolute Gasteiger partial charge is 0.592 e. The Hall–Kier alpha value is -1.63. The third-order valence-corrected chi connectivity index (χ3v) is 10.1. The molecule has 1 aromatic carbocycles. The van der Waals surface area contributed by atoms with Crippen LogP contribution in [0.4, 0.5) is 0 Å². The van der Waals surface area contributed by atoms with E-state index >= 15 is 0 Å². The zero-order valence-electron chi connectivity index (χ0n) is 19.2. The first-order chi connectivity index (χ1) is 16.6. The maximum absolute atomic E-state index is 13.6. The molecule has 35 heavy (non-hydrogen) atoms. The number of nitrogens with zero attached hydrogens (tertiary/aromatic N) is 3. The van der Waals surface area contributed by atoms with Gasteiger partial charge in [0.1, 0.15) is 4.21 Å². The van der Waals surface area contributed by atoms with E-state index in [-0.39, 0.29) is 40.6 Å². The molecular weight excluding hydrogens is 520 g/mol. The number of fused-ring (bicyclic) bond motifs is 1. The first-order valence-electron chi connectivity index (χ1n) is 10.6. The Morgan fingerprint density at radius 3 is 2.74 bits per heavy atom. The predicted octanol–water partition coefficient (Wildman–Crippen LogP) is 1.49. The van der Waals surface area contributed by atoms with Crippen molar-refractivity contribution in [1.82, 2.24) is 14.6 Å². The average Bonchev–Trinajstić information content (AvgIpc) is 3.28. The number of methoxy groups -OCH3 is 1. The Morgan fingerprint density at radius 2 is 2.11 bits per heavy atom. The van der Waals surface area contributed by atoms with Crippen molar-refractivity contribution in [2.24, 2.45) is 5.14 Å². The number of benzene rings is 1. The lowest BCUT2D eigenvalue weighted by molar-refractivity contribution is -0.497. The van der Waals surface area contributed by atoms with Crippen LogP contribution in [0.2, 0.25) is 0 Å². The van der Waals surface area contributed by atoms with Gasteiger partial charge in [0.05, 0.1) is 29.4 Å². The number of carbonyl (C=O) groups excluding carboxylic acids is 1. The van der Waals surface area contributed by atoms with Gasteiger partial charge in [0.2, 0.25) is 4.21 Å². The summed E-state index contributed by atoms with van der Waals surface area (Å²) >= 11 is -1.03. The first kappa shape index (κ1) is 27.9. The van der Waals surface area contributed by atoms with Crippen molar-refractivity contribution in [3.63, 3.8) is 0 Å². The van der Waals surface area contributed by atoms with Gasteiger partial charge in [-0.25, -0.2) is 13.3 Å². The number of ether oxygens (including phenoxy) is 1. The van der Waals surface area contributed by atoms with Gasteiger partial charge in [0.15, 0.2) is 0 Å². The molecule has 194 valence electrons. The summed E-state index contributed by atoms with van der Waals surface area (Å²) in [6, 6.07) is 7.32. The number of hydrogen-bond donors (Lipinski definition) is 3. The molecule has 1 aliphatic heterocycles. The summed E-state index contributed by atoms with van der Waals surface area (Å²) in [5.41, 5.74) is 1.22. The van der Waals surface area contributed by atoms with E-state index in [1.807, 2.05) is 0 Å². The van der Waals surface area contributed by atoms with E-state index in [4.69, 9.17) is 20.3 Å². The maximum atomic E-state index is 13.6. The van der Waals surface area contributed by atoms with Crippen LogP contribution in [0, 0.1) is 0 Å². The molecule has 0 bridgehead atoms. The van der Waals surface area contributed by atoms with Gasteiger partial charge < -0.3 is 14.2 Å². The molecule has 2 aromatic rings. The second kappa shape index (κ2) is 12.1. The molecule has 0 saturated carbocycles. The smallest absolute Gasteiger partial charge is 0.254 e. The van der Waals surface area contributed by atoms with Crippen molar-refractivity contribution >= 4 is 38.6 Å². The number of sulfonamides is 1. The van der Waals surface area contributed by atoms with Crippen LogP contribution >= 0.6 is 11.3 Å². The Morgan fingerprint density at radius 1 is 1.37 bits per heavy atom. The number of hydrogen-bond acceptors (Lipinski definition) is 11. The van der Waals surface area contributed by atoms with Crippen LogP contribution in [0.25, 0.3) is 0 Å². The minimum Gasteiger partial charge on any atom is -0.592 e. The predicted molar refractivity (Wildman–Crippen MR) is 126 cm³/mol. The van der Waals surface area contributed by atoms with Gasteiger partial charge in [0.25, 0.3) is 15.9 Å². The van der Waals surface area contributed by atoms with Gasteiger partial charge in [-0.1, -0.05) is 23.5 Å². The zero-order chi connectivity index (χ0) is 25.8. The maximum Gasteiger partial charge on any atom is 0.254 e. The zero-order valence-corrected chi connectivity index (χ0v) is 21.6. The summed E-state index contributed by atoms with van der Waals surface area (Å²) in [6.07, 6.45) is 0.466. The molecule has 2 heterocycles. The Bertz CT molecular complexity index is 1130. The molecular formula is C20H28N4O8S3. The quantitative estimate of drug-likeness (QED) is 0.212. The number of rotatable bonds is 11. The van der Waals surface area contributed by atoms with Crippen LogP contribution in [0.1, 0.15) is 40.9 Å². The molecule has 12 nitrogen and oxygen atoms in total. The molecule has 3 rings (SSSR count). The summed E-state index contributed by atoms with van der Waals surface area (Å²) in [5, 5.41) is 22.7. The molecule has 0 saturated heterocycles. The van der Waals surface area contributed by atoms with E-state index in [2.05, 4.69) is 4.84 Å². The normalized spacial score (nSPS) is 18.4. The van der Waals surface area contributed by atoms with Gasteiger partial charge in [-0.05, 0) is 31.0 Å². The lowest BCUT2D eigenvalue weighted by Gasteiger charge is -2.38. The van der Waals surface area contributed by atoms with E-state index < -0.39 is 32.8 Å². The van der Waals surface area contributed by atoms with Crippen LogP contribution in [0.3, 0.4) is 0 Å². The summed E-state index contributed by atoms with van der Waals surface area (Å²) in [6.45, 7) is 2.47. The third-order valence-electron chi connectivity index (χ3n) is 5.46. The molecule has 4 N–H and O–H groups in total. The highest BCUT2D eigenvalue weighted by molar-refractivity contribution is 7.94. The highest BCUT2D eigenvalue weighted by Gasteiger charge is 2.43. The van der Waals surface area contributed by atoms with Gasteiger partial charge in [-0.2, -0.15) is 4.31 Å². The fourth-order valence-electron chi connectivity index (χ4n) is 3.87. The Balaban J connectivity index is 1.98. The first-order valence-corrected chi connectivity index (χ1v) is 14.1. The third kappa shape index (κ3) is 6.39. The lowest BCUT2D eigenvalue weighted by Crippen LogP contribution is -2.47.